The van der Waals surface area contributed by atoms with Crippen molar-refractivity contribution >= 4 is 11.6 Å². The van der Waals surface area contributed by atoms with Crippen molar-refractivity contribution in [3.05, 3.63) is 41.0 Å². The van der Waals surface area contributed by atoms with E-state index in [1.807, 2.05) is 6.92 Å². The minimum absolute atomic E-state index is 0.0847. The summed E-state index contributed by atoms with van der Waals surface area (Å²) < 4.78 is 13.1. The summed E-state index contributed by atoms with van der Waals surface area (Å²) in [6.45, 7) is 5.73. The Morgan fingerprint density at radius 2 is 2.20 bits per heavy atom. The third-order valence-corrected chi connectivity index (χ3v) is 2.66. The maximum atomic E-state index is 13.1. The molecular weight excluding hydrogens is 259 g/mol. The van der Waals surface area contributed by atoms with Gasteiger partial charge in [0.25, 0.3) is 5.91 Å². The van der Waals surface area contributed by atoms with Crippen molar-refractivity contribution in [1.29, 1.82) is 0 Å². The lowest BCUT2D eigenvalue weighted by Crippen LogP contribution is -2.18. The maximum Gasteiger partial charge on any atom is 0.271 e. The van der Waals surface area contributed by atoms with Crippen molar-refractivity contribution < 1.29 is 9.18 Å². The molecule has 0 spiro atoms. The number of allylic oxidation sites excluding steroid dienone is 3. The summed E-state index contributed by atoms with van der Waals surface area (Å²) in [5.41, 5.74) is 7.38. The number of rotatable bonds is 6. The van der Waals surface area contributed by atoms with Crippen molar-refractivity contribution in [2.75, 3.05) is 11.9 Å². The molecule has 0 aliphatic rings. The number of halogens is 1. The summed E-state index contributed by atoms with van der Waals surface area (Å²) in [6.07, 6.45) is 3.50. The van der Waals surface area contributed by atoms with Gasteiger partial charge in [0.15, 0.2) is 5.69 Å². The van der Waals surface area contributed by atoms with E-state index in [1.54, 1.807) is 19.9 Å². The maximum absolute atomic E-state index is 13.1. The molecule has 1 amide bonds. The lowest BCUT2D eigenvalue weighted by atomic mass is 10.2. The number of carbonyl (C=O) groups excluding carboxylic acids is 1. The summed E-state index contributed by atoms with van der Waals surface area (Å²) in [4.78, 5) is 11.3. The number of anilines is 1. The molecule has 0 saturated heterocycles. The molecule has 5 nitrogen and oxygen atoms in total. The molecule has 108 valence electrons. The second kappa shape index (κ2) is 7.37. The van der Waals surface area contributed by atoms with Gasteiger partial charge in [-0.25, -0.2) is 4.39 Å². The van der Waals surface area contributed by atoms with Crippen molar-refractivity contribution in [2.45, 2.75) is 27.2 Å². The number of hydrogen-bond donors (Lipinski definition) is 2. The van der Waals surface area contributed by atoms with Gasteiger partial charge < -0.3 is 11.1 Å². The zero-order valence-electron chi connectivity index (χ0n) is 11.9. The summed E-state index contributed by atoms with van der Waals surface area (Å²) in [5, 5.41) is 10.7. The fraction of sp³-hybridized carbons (Fsp3) is 0.357. The van der Waals surface area contributed by atoms with E-state index < -0.39 is 5.91 Å². The summed E-state index contributed by atoms with van der Waals surface area (Å²) in [5.74, 6) is -0.953. The van der Waals surface area contributed by atoms with Gasteiger partial charge in [-0.1, -0.05) is 18.6 Å². The van der Waals surface area contributed by atoms with Gasteiger partial charge in [-0.05, 0) is 32.4 Å². The third-order valence-electron chi connectivity index (χ3n) is 2.66. The Morgan fingerprint density at radius 3 is 2.75 bits per heavy atom. The van der Waals surface area contributed by atoms with Crippen LogP contribution in [0.5, 0.6) is 0 Å². The molecule has 1 aromatic rings. The standard InChI is InChI=1S/C14H19FN4O/c1-4-10(15)6-9(3)8-17-12-7-11(5-2)18-19-13(12)14(16)20/h4,6-7H,5,8H2,1-3H3,(H2,16,20)(H,17,18). The van der Waals surface area contributed by atoms with E-state index in [4.69, 9.17) is 5.73 Å². The van der Waals surface area contributed by atoms with Crippen LogP contribution in [-0.2, 0) is 6.42 Å². The second-order valence-corrected chi connectivity index (χ2v) is 4.33. The number of primary amides is 1. The fourth-order valence-electron chi connectivity index (χ4n) is 1.53. The Hall–Kier alpha value is -2.24. The van der Waals surface area contributed by atoms with Crippen LogP contribution in [0.1, 0.15) is 37.0 Å². The highest BCUT2D eigenvalue weighted by molar-refractivity contribution is 5.96. The molecule has 1 aromatic heterocycles. The number of aromatic nitrogens is 2. The van der Waals surface area contributed by atoms with E-state index in [9.17, 15) is 9.18 Å². The Bertz CT molecular complexity index is 552. The topological polar surface area (TPSA) is 80.9 Å². The average Bonchev–Trinajstić information content (AvgIpc) is 2.44. The lowest BCUT2D eigenvalue weighted by molar-refractivity contribution is 0.0995. The Balaban J connectivity index is 2.91. The van der Waals surface area contributed by atoms with E-state index in [-0.39, 0.29) is 11.5 Å². The normalized spacial score (nSPS) is 12.4. The Kier molecular flexibility index (Phi) is 5.83. The monoisotopic (exact) mass is 278 g/mol. The van der Waals surface area contributed by atoms with Crippen LogP contribution >= 0.6 is 0 Å². The van der Waals surface area contributed by atoms with Gasteiger partial charge in [0.1, 0.15) is 5.83 Å². The summed E-state index contributed by atoms with van der Waals surface area (Å²) >= 11 is 0. The third kappa shape index (κ3) is 4.46. The molecule has 1 heterocycles. The molecule has 0 aliphatic heterocycles. The molecular formula is C14H19FN4O. The highest BCUT2D eigenvalue weighted by atomic mass is 19.1. The highest BCUT2D eigenvalue weighted by Crippen LogP contribution is 2.14. The quantitative estimate of drug-likeness (QED) is 0.783. The van der Waals surface area contributed by atoms with Crippen molar-refractivity contribution in [3.63, 3.8) is 0 Å². The van der Waals surface area contributed by atoms with Gasteiger partial charge in [0.05, 0.1) is 11.4 Å². The number of carbonyl (C=O) groups is 1. The molecule has 0 aromatic carbocycles. The van der Waals surface area contributed by atoms with Crippen LogP contribution in [0.15, 0.2) is 29.6 Å². The SMILES string of the molecule is CC=C(F)C=C(C)CNc1cc(CC)nnc1C(N)=O. The first kappa shape index (κ1) is 15.8. The van der Waals surface area contributed by atoms with Crippen LogP contribution in [0.2, 0.25) is 0 Å². The Labute approximate surface area is 117 Å². The second-order valence-electron chi connectivity index (χ2n) is 4.33. The molecule has 1 rings (SSSR count). The van der Waals surface area contributed by atoms with Crippen molar-refractivity contribution in [2.24, 2.45) is 5.73 Å². The van der Waals surface area contributed by atoms with Gasteiger partial charge >= 0.3 is 0 Å². The molecule has 20 heavy (non-hydrogen) atoms. The predicted octanol–water partition coefficient (Wildman–Crippen LogP) is 2.37. The number of hydrogen-bond acceptors (Lipinski definition) is 4. The summed E-state index contributed by atoms with van der Waals surface area (Å²) in [6, 6.07) is 1.73. The molecule has 0 bridgehead atoms. The van der Waals surface area contributed by atoms with Crippen LogP contribution in [-0.4, -0.2) is 22.6 Å². The smallest absolute Gasteiger partial charge is 0.271 e. The molecule has 0 radical (unpaired) electrons. The number of nitrogens with one attached hydrogen (secondary N) is 1. The Morgan fingerprint density at radius 1 is 1.50 bits per heavy atom. The minimum atomic E-state index is -0.649. The number of aryl methyl sites for hydroxylation is 1. The number of amides is 1. The van der Waals surface area contributed by atoms with Crippen LogP contribution in [0.3, 0.4) is 0 Å². The largest absolute Gasteiger partial charge is 0.379 e. The molecule has 0 unspecified atom stereocenters. The van der Waals surface area contributed by atoms with Gasteiger partial charge in [0.2, 0.25) is 0 Å². The van der Waals surface area contributed by atoms with Crippen LogP contribution in [0, 0.1) is 0 Å². The molecule has 0 saturated carbocycles. The van der Waals surface area contributed by atoms with E-state index in [0.29, 0.717) is 18.7 Å². The molecule has 3 N–H and O–H groups in total. The van der Waals surface area contributed by atoms with Crippen LogP contribution in [0.4, 0.5) is 10.1 Å². The van der Waals surface area contributed by atoms with Gasteiger partial charge in [-0.2, -0.15) is 5.10 Å². The van der Waals surface area contributed by atoms with Crippen LogP contribution in [0.25, 0.3) is 0 Å². The van der Waals surface area contributed by atoms with Crippen LogP contribution < -0.4 is 11.1 Å². The van der Waals surface area contributed by atoms with Crippen molar-refractivity contribution in [1.82, 2.24) is 10.2 Å². The van der Waals surface area contributed by atoms with Gasteiger partial charge in [-0.15, -0.1) is 5.10 Å². The number of nitrogens with two attached hydrogens (primary N) is 1. The minimum Gasteiger partial charge on any atom is -0.379 e. The summed E-state index contributed by atoms with van der Waals surface area (Å²) in [7, 11) is 0. The average molecular weight is 278 g/mol. The molecule has 6 heteroatoms. The predicted molar refractivity (Wildman–Crippen MR) is 77.0 cm³/mol. The zero-order valence-corrected chi connectivity index (χ0v) is 11.9. The zero-order chi connectivity index (χ0) is 15.1. The molecule has 0 aliphatic carbocycles. The molecule has 0 fully saturated rings. The van der Waals surface area contributed by atoms with E-state index in [2.05, 4.69) is 15.5 Å². The van der Waals surface area contributed by atoms with E-state index in [1.165, 1.54) is 12.2 Å². The number of nitrogens with zero attached hydrogens (tertiary/aromatic N) is 2. The van der Waals surface area contributed by atoms with E-state index >= 15 is 0 Å². The first-order valence-corrected chi connectivity index (χ1v) is 6.37. The first-order chi connectivity index (χ1) is 9.47. The lowest BCUT2D eigenvalue weighted by Gasteiger charge is -2.10. The van der Waals surface area contributed by atoms with E-state index in [0.717, 1.165) is 11.3 Å². The highest BCUT2D eigenvalue weighted by Gasteiger charge is 2.11. The fourth-order valence-corrected chi connectivity index (χ4v) is 1.53. The van der Waals surface area contributed by atoms with Gasteiger partial charge in [-0.3, -0.25) is 4.79 Å². The molecule has 0 atom stereocenters. The first-order valence-electron chi connectivity index (χ1n) is 6.37. The van der Waals surface area contributed by atoms with Crippen molar-refractivity contribution in [3.8, 4) is 0 Å². The van der Waals surface area contributed by atoms with Gasteiger partial charge in [0, 0.05) is 6.54 Å².